The lowest BCUT2D eigenvalue weighted by Crippen LogP contribution is -1.96. The highest BCUT2D eigenvalue weighted by Gasteiger charge is 2.00. The van der Waals surface area contributed by atoms with E-state index in [0.29, 0.717) is 7.36 Å². The van der Waals surface area contributed by atoms with Crippen molar-refractivity contribution < 1.29 is 0 Å². The standard InChI is InChI=1S/C8H9PS.2ClH/c1-6-3-4-7(2)8(5-6)9-10;;/h3-5H,1-2H3;2*1H/p+1. The molecule has 0 heterocycles. The Morgan fingerprint density at radius 3 is 2.17 bits per heavy atom. The third kappa shape index (κ3) is 3.82. The van der Waals surface area contributed by atoms with Crippen LogP contribution >= 0.6 is 32.2 Å². The van der Waals surface area contributed by atoms with Gasteiger partial charge in [0.15, 0.2) is 24.5 Å². The van der Waals surface area contributed by atoms with Crippen LogP contribution in [0.3, 0.4) is 0 Å². The Bertz CT molecular complexity index is 263. The summed E-state index contributed by atoms with van der Waals surface area (Å²) in [6.07, 6.45) is 0. The fourth-order valence-electron chi connectivity index (χ4n) is 0.846. The zero-order chi connectivity index (χ0) is 7.56. The molecule has 0 aromatic heterocycles. The van der Waals surface area contributed by atoms with E-state index in [-0.39, 0.29) is 24.8 Å². The van der Waals surface area contributed by atoms with Crippen molar-refractivity contribution in [3.05, 3.63) is 29.3 Å². The average Bonchev–Trinajstić information content (AvgIpc) is 1.94. The number of hydrogen-bond acceptors (Lipinski definition) is 1. The zero-order valence-electron chi connectivity index (χ0n) is 6.96. The molecule has 0 N–H and O–H groups in total. The van der Waals surface area contributed by atoms with Crippen LogP contribution in [0.15, 0.2) is 18.2 Å². The third-order valence-corrected chi connectivity index (χ3v) is 2.92. The van der Waals surface area contributed by atoms with Gasteiger partial charge in [0.05, 0.1) is 0 Å². The van der Waals surface area contributed by atoms with Gasteiger partial charge in [-0.05, 0) is 31.0 Å². The minimum absolute atomic E-state index is 0. The van der Waals surface area contributed by atoms with E-state index in [2.05, 4.69) is 32.0 Å². The predicted octanol–water partition coefficient (Wildman–Crippen LogP) is 2.91. The van der Waals surface area contributed by atoms with Crippen LogP contribution in [0.2, 0.25) is 0 Å². The molecular weight excluding hydrogens is 230 g/mol. The van der Waals surface area contributed by atoms with Gasteiger partial charge >= 0.3 is 0 Å². The first-order valence-corrected chi connectivity index (χ1v) is 5.33. The van der Waals surface area contributed by atoms with Crippen molar-refractivity contribution in [2.24, 2.45) is 0 Å². The van der Waals surface area contributed by atoms with Crippen LogP contribution < -0.4 is 5.30 Å². The van der Waals surface area contributed by atoms with Crippen LogP contribution in [0.1, 0.15) is 11.1 Å². The Balaban J connectivity index is 0. The molecule has 0 fully saturated rings. The molecule has 0 nitrogen and oxygen atoms in total. The molecule has 1 atom stereocenters. The molecule has 0 radical (unpaired) electrons. The van der Waals surface area contributed by atoms with E-state index >= 15 is 0 Å². The fourth-order valence-corrected chi connectivity index (χ4v) is 2.04. The Morgan fingerprint density at radius 1 is 1.17 bits per heavy atom. The van der Waals surface area contributed by atoms with Crippen LogP contribution in [-0.4, -0.2) is 0 Å². The molecule has 0 amide bonds. The summed E-state index contributed by atoms with van der Waals surface area (Å²) in [5, 5.41) is 1.31. The third-order valence-electron chi connectivity index (χ3n) is 1.50. The van der Waals surface area contributed by atoms with Crippen LogP contribution in [0.5, 0.6) is 0 Å². The Kier molecular flexibility index (Phi) is 8.39. The van der Waals surface area contributed by atoms with Gasteiger partial charge in [-0.25, -0.2) is 0 Å². The molecule has 0 aliphatic rings. The molecule has 0 saturated carbocycles. The van der Waals surface area contributed by atoms with E-state index in [1.54, 1.807) is 0 Å². The topological polar surface area (TPSA) is 0 Å². The highest BCUT2D eigenvalue weighted by atomic mass is 35.5. The van der Waals surface area contributed by atoms with Gasteiger partial charge in [0.25, 0.3) is 0 Å². The minimum atomic E-state index is 0. The molecule has 1 rings (SSSR count). The van der Waals surface area contributed by atoms with E-state index in [4.69, 9.17) is 11.8 Å². The number of aryl methyl sites for hydroxylation is 2. The van der Waals surface area contributed by atoms with Gasteiger partial charge in [0.1, 0.15) is 0 Å². The number of rotatable bonds is 1. The zero-order valence-corrected chi connectivity index (χ0v) is 10.4. The summed E-state index contributed by atoms with van der Waals surface area (Å²) in [5.74, 6) is 0. The molecule has 0 bridgehead atoms. The maximum absolute atomic E-state index is 4.99. The van der Waals surface area contributed by atoms with Gasteiger partial charge < -0.3 is 0 Å². The summed E-state index contributed by atoms with van der Waals surface area (Å²) in [6.45, 7) is 4.20. The van der Waals surface area contributed by atoms with Crippen LogP contribution in [-0.2, 0) is 11.8 Å². The quantitative estimate of drug-likeness (QED) is 0.682. The van der Waals surface area contributed by atoms with Crippen molar-refractivity contribution in [2.45, 2.75) is 13.8 Å². The first kappa shape index (κ1) is 14.8. The molecule has 0 aliphatic heterocycles. The highest BCUT2D eigenvalue weighted by molar-refractivity contribution is 7.99. The lowest BCUT2D eigenvalue weighted by Gasteiger charge is -1.92. The van der Waals surface area contributed by atoms with E-state index in [0.717, 1.165) is 0 Å². The molecular formula is C8H12Cl2PS+. The normalized spacial score (nSPS) is 8.50. The summed E-state index contributed by atoms with van der Waals surface area (Å²) in [7, 11) is 0.509. The van der Waals surface area contributed by atoms with Crippen molar-refractivity contribution in [2.75, 3.05) is 0 Å². The van der Waals surface area contributed by atoms with Crippen molar-refractivity contribution in [3.63, 3.8) is 0 Å². The number of hydrogen-bond donors (Lipinski definition) is 0. The molecule has 1 aromatic carbocycles. The Labute approximate surface area is 92.4 Å². The first-order chi connectivity index (χ1) is 4.74. The summed E-state index contributed by atoms with van der Waals surface area (Å²) in [5.41, 5.74) is 2.62. The second-order valence-corrected chi connectivity index (χ2v) is 3.78. The monoisotopic (exact) mass is 241 g/mol. The molecule has 0 aliphatic carbocycles. The van der Waals surface area contributed by atoms with Gasteiger partial charge in [-0.15, -0.1) is 24.8 Å². The van der Waals surface area contributed by atoms with Crippen molar-refractivity contribution >= 4 is 49.3 Å². The smallest absolute Gasteiger partial charge is 0.147 e. The SMILES string of the molecule is Cc1ccc(C)c([PH+]=S)c1.Cl.Cl. The van der Waals surface area contributed by atoms with E-state index in [1.165, 1.54) is 16.4 Å². The fraction of sp³-hybridized carbons (Fsp3) is 0.250. The van der Waals surface area contributed by atoms with Crippen molar-refractivity contribution in [1.82, 2.24) is 0 Å². The Morgan fingerprint density at radius 2 is 1.75 bits per heavy atom. The lowest BCUT2D eigenvalue weighted by molar-refractivity contribution is 1.43. The lowest BCUT2D eigenvalue weighted by atomic mass is 10.2. The predicted molar refractivity (Wildman–Crippen MR) is 65.7 cm³/mol. The van der Waals surface area contributed by atoms with Gasteiger partial charge in [0.2, 0.25) is 0 Å². The molecule has 12 heavy (non-hydrogen) atoms. The van der Waals surface area contributed by atoms with E-state index in [1.807, 2.05) is 0 Å². The van der Waals surface area contributed by atoms with Crippen LogP contribution in [0.25, 0.3) is 0 Å². The number of benzene rings is 1. The van der Waals surface area contributed by atoms with Gasteiger partial charge in [0, 0.05) is 0 Å². The maximum Gasteiger partial charge on any atom is 0.198 e. The second kappa shape index (κ2) is 6.80. The first-order valence-electron chi connectivity index (χ1n) is 3.19. The molecule has 1 unspecified atom stereocenters. The van der Waals surface area contributed by atoms with Gasteiger partial charge in [-0.2, -0.15) is 0 Å². The van der Waals surface area contributed by atoms with Crippen LogP contribution in [0.4, 0.5) is 0 Å². The maximum atomic E-state index is 4.99. The van der Waals surface area contributed by atoms with E-state index in [9.17, 15) is 0 Å². The van der Waals surface area contributed by atoms with Crippen molar-refractivity contribution in [1.29, 1.82) is 0 Å². The van der Waals surface area contributed by atoms with Crippen LogP contribution in [0, 0.1) is 13.8 Å². The van der Waals surface area contributed by atoms with Gasteiger partial charge in [-0.1, -0.05) is 12.1 Å². The number of halogens is 2. The van der Waals surface area contributed by atoms with Gasteiger partial charge in [-0.3, -0.25) is 0 Å². The summed E-state index contributed by atoms with van der Waals surface area (Å²) >= 11 is 4.99. The molecule has 4 heteroatoms. The van der Waals surface area contributed by atoms with Crippen molar-refractivity contribution in [3.8, 4) is 0 Å². The Hall–Kier alpha value is 0.320. The molecule has 68 valence electrons. The highest BCUT2D eigenvalue weighted by Crippen LogP contribution is 2.05. The molecule has 0 saturated heterocycles. The second-order valence-electron chi connectivity index (χ2n) is 2.42. The summed E-state index contributed by atoms with van der Waals surface area (Å²) in [6, 6.07) is 6.42. The summed E-state index contributed by atoms with van der Waals surface area (Å²) < 4.78 is 0. The minimum Gasteiger partial charge on any atom is -0.147 e. The average molecular weight is 242 g/mol. The molecule has 1 aromatic rings. The van der Waals surface area contributed by atoms with E-state index < -0.39 is 0 Å². The molecule has 0 spiro atoms. The largest absolute Gasteiger partial charge is 0.198 e. The summed E-state index contributed by atoms with van der Waals surface area (Å²) in [4.78, 5) is 0.